The second kappa shape index (κ2) is 6.39. The molecule has 0 amide bonds. The molecule has 3 rings (SSSR count). The number of hydrogen-bond acceptors (Lipinski definition) is 0. The zero-order valence-electron chi connectivity index (χ0n) is 13.1. The van der Waals surface area contributed by atoms with E-state index in [4.69, 9.17) is 0 Å². The number of aryl methyl sites for hydroxylation is 2. The van der Waals surface area contributed by atoms with Crippen LogP contribution in [0.15, 0.2) is 24.3 Å². The summed E-state index contributed by atoms with van der Waals surface area (Å²) in [4.78, 5) is 0. The molecule has 20 heavy (non-hydrogen) atoms. The molecule has 2 aromatic carbocycles. The van der Waals surface area contributed by atoms with Crippen molar-refractivity contribution in [3.05, 3.63) is 46.8 Å². The summed E-state index contributed by atoms with van der Waals surface area (Å²) in [6, 6.07) is 7.83. The first-order valence-corrected chi connectivity index (χ1v) is 7.75. The first-order valence-electron chi connectivity index (χ1n) is 7.75. The summed E-state index contributed by atoms with van der Waals surface area (Å²) in [5.74, 6) is 0.687. The maximum atomic E-state index is 14.0. The molecule has 0 aliphatic heterocycles. The highest BCUT2D eigenvalue weighted by molar-refractivity contribution is 5.89. The summed E-state index contributed by atoms with van der Waals surface area (Å²) in [5.41, 5.74) is 3.39. The maximum absolute atomic E-state index is 14.0. The fourth-order valence-electron chi connectivity index (χ4n) is 2.74. The van der Waals surface area contributed by atoms with Gasteiger partial charge >= 0.3 is 0 Å². The first-order chi connectivity index (χ1) is 9.56. The fraction of sp³-hybridized carbons (Fsp3) is 0.474. The Morgan fingerprint density at radius 3 is 2.35 bits per heavy atom. The van der Waals surface area contributed by atoms with Crippen molar-refractivity contribution in [3.63, 3.8) is 0 Å². The van der Waals surface area contributed by atoms with E-state index in [1.807, 2.05) is 6.07 Å². The van der Waals surface area contributed by atoms with E-state index in [0.29, 0.717) is 0 Å². The molecule has 0 radical (unpaired) electrons. The summed E-state index contributed by atoms with van der Waals surface area (Å²) < 4.78 is 14.0. The van der Waals surface area contributed by atoms with E-state index in [0.717, 1.165) is 23.3 Å². The van der Waals surface area contributed by atoms with E-state index in [2.05, 4.69) is 39.8 Å². The highest BCUT2D eigenvalue weighted by Gasteiger charge is 2.24. The Hall–Kier alpha value is -1.37. The second-order valence-corrected chi connectivity index (χ2v) is 6.06. The Bertz CT molecular complexity index is 594. The molecule has 1 saturated carbocycles. The van der Waals surface area contributed by atoms with Gasteiger partial charge in [0, 0.05) is 0 Å². The zero-order valence-corrected chi connectivity index (χ0v) is 13.1. The van der Waals surface area contributed by atoms with Gasteiger partial charge in [-0.1, -0.05) is 44.0 Å². The van der Waals surface area contributed by atoms with Crippen LogP contribution in [-0.2, 0) is 6.42 Å². The fourth-order valence-corrected chi connectivity index (χ4v) is 2.74. The third kappa shape index (κ3) is 3.39. The molecule has 108 valence electrons. The smallest absolute Gasteiger partial charge is 0.127 e. The molecular formula is C19H25F. The second-order valence-electron chi connectivity index (χ2n) is 6.06. The molecule has 1 heteroatoms. The van der Waals surface area contributed by atoms with Crippen LogP contribution in [-0.4, -0.2) is 0 Å². The molecule has 0 aromatic heterocycles. The predicted molar refractivity (Wildman–Crippen MR) is 85.8 cm³/mol. The van der Waals surface area contributed by atoms with Crippen LogP contribution < -0.4 is 0 Å². The number of hydrogen-bond donors (Lipinski definition) is 0. The summed E-state index contributed by atoms with van der Waals surface area (Å²) in [5, 5.41) is 2.32. The molecule has 0 spiro atoms. The number of benzene rings is 2. The molecule has 2 aromatic rings. The quantitative estimate of drug-likeness (QED) is 0.632. The van der Waals surface area contributed by atoms with Crippen LogP contribution in [0.4, 0.5) is 4.39 Å². The van der Waals surface area contributed by atoms with Crippen molar-refractivity contribution in [2.75, 3.05) is 0 Å². The predicted octanol–water partition coefficient (Wildman–Crippen LogP) is 5.96. The monoisotopic (exact) mass is 272 g/mol. The van der Waals surface area contributed by atoms with Gasteiger partial charge < -0.3 is 0 Å². The zero-order chi connectivity index (χ0) is 14.7. The lowest BCUT2D eigenvalue weighted by atomic mass is 9.94. The molecule has 0 saturated heterocycles. The largest absolute Gasteiger partial charge is 0.207 e. The van der Waals surface area contributed by atoms with Crippen molar-refractivity contribution < 1.29 is 4.39 Å². The topological polar surface area (TPSA) is 0 Å². The minimum Gasteiger partial charge on any atom is -0.207 e. The Morgan fingerprint density at radius 2 is 1.75 bits per heavy atom. The van der Waals surface area contributed by atoms with E-state index in [1.54, 1.807) is 6.07 Å². The standard InChI is InChI=1S/C16H17F.C3H8/c1-10-7-11(2)16-13(8-10)5-6-15(17)14(16)9-12-3-4-12;1-3-2/h5-8,12H,3-4,9H2,1-2H3;3H2,1-2H3. The average molecular weight is 272 g/mol. The molecule has 1 aliphatic rings. The van der Waals surface area contributed by atoms with Crippen molar-refractivity contribution in [1.82, 2.24) is 0 Å². The summed E-state index contributed by atoms with van der Waals surface area (Å²) in [7, 11) is 0. The molecule has 0 nitrogen and oxygen atoms in total. The number of halogens is 1. The van der Waals surface area contributed by atoms with Crippen LogP contribution in [0, 0.1) is 25.6 Å². The highest BCUT2D eigenvalue weighted by Crippen LogP contribution is 2.36. The van der Waals surface area contributed by atoms with E-state index in [-0.39, 0.29) is 5.82 Å². The molecule has 0 heterocycles. The number of fused-ring (bicyclic) bond motifs is 1. The van der Waals surface area contributed by atoms with Gasteiger partial charge in [-0.2, -0.15) is 0 Å². The lowest BCUT2D eigenvalue weighted by Crippen LogP contribution is -1.96. The van der Waals surface area contributed by atoms with E-state index < -0.39 is 0 Å². The lowest BCUT2D eigenvalue weighted by molar-refractivity contribution is 0.605. The van der Waals surface area contributed by atoms with Crippen molar-refractivity contribution >= 4 is 10.8 Å². The highest BCUT2D eigenvalue weighted by atomic mass is 19.1. The summed E-state index contributed by atoms with van der Waals surface area (Å²) >= 11 is 0. The van der Waals surface area contributed by atoms with Crippen molar-refractivity contribution in [2.24, 2.45) is 5.92 Å². The molecule has 0 atom stereocenters. The Balaban J connectivity index is 0.000000452. The van der Waals surface area contributed by atoms with Gasteiger partial charge in [0.05, 0.1) is 0 Å². The minimum atomic E-state index is -0.0312. The molecule has 1 aliphatic carbocycles. The number of rotatable bonds is 2. The van der Waals surface area contributed by atoms with E-state index >= 15 is 0 Å². The van der Waals surface area contributed by atoms with Gasteiger partial charge in [-0.05, 0) is 67.0 Å². The van der Waals surface area contributed by atoms with E-state index in [1.165, 1.54) is 35.8 Å². The van der Waals surface area contributed by atoms with Crippen molar-refractivity contribution in [3.8, 4) is 0 Å². The van der Waals surface area contributed by atoms with Gasteiger partial charge in [0.1, 0.15) is 5.82 Å². The molecule has 0 bridgehead atoms. The molecule has 0 unspecified atom stereocenters. The van der Waals surface area contributed by atoms with Crippen molar-refractivity contribution in [2.45, 2.75) is 53.4 Å². The maximum Gasteiger partial charge on any atom is 0.127 e. The van der Waals surface area contributed by atoms with Gasteiger partial charge in [0.15, 0.2) is 0 Å². The van der Waals surface area contributed by atoms with Gasteiger partial charge in [0.2, 0.25) is 0 Å². The minimum absolute atomic E-state index is 0.0312. The lowest BCUT2D eigenvalue weighted by Gasteiger charge is -2.11. The Kier molecular flexibility index (Phi) is 4.80. The molecule has 1 fully saturated rings. The van der Waals surface area contributed by atoms with Crippen LogP contribution in [0.25, 0.3) is 10.8 Å². The van der Waals surface area contributed by atoms with Gasteiger partial charge in [0.25, 0.3) is 0 Å². The normalized spacial score (nSPS) is 14.1. The van der Waals surface area contributed by atoms with Crippen molar-refractivity contribution in [1.29, 1.82) is 0 Å². The van der Waals surface area contributed by atoms with Gasteiger partial charge in [-0.25, -0.2) is 4.39 Å². The van der Waals surface area contributed by atoms with Crippen LogP contribution in [0.2, 0.25) is 0 Å². The Morgan fingerprint density at radius 1 is 1.10 bits per heavy atom. The van der Waals surface area contributed by atoms with Crippen LogP contribution >= 0.6 is 0 Å². The average Bonchev–Trinajstić information content (AvgIpc) is 3.17. The summed E-state index contributed by atoms with van der Waals surface area (Å²) in [6.07, 6.45) is 4.69. The van der Waals surface area contributed by atoms with Crippen LogP contribution in [0.5, 0.6) is 0 Å². The van der Waals surface area contributed by atoms with Crippen LogP contribution in [0.1, 0.15) is 49.8 Å². The van der Waals surface area contributed by atoms with Gasteiger partial charge in [-0.3, -0.25) is 0 Å². The van der Waals surface area contributed by atoms with E-state index in [9.17, 15) is 4.39 Å². The molecule has 0 N–H and O–H groups in total. The first kappa shape index (κ1) is 15.0. The third-order valence-electron chi connectivity index (χ3n) is 3.70. The SMILES string of the molecule is CCC.Cc1cc(C)c2c(CC3CC3)c(F)ccc2c1. The third-order valence-corrected chi connectivity index (χ3v) is 3.70. The summed E-state index contributed by atoms with van der Waals surface area (Å²) in [6.45, 7) is 8.43. The Labute approximate surface area is 122 Å². The van der Waals surface area contributed by atoms with Gasteiger partial charge in [-0.15, -0.1) is 0 Å². The molecular weight excluding hydrogens is 247 g/mol. The van der Waals surface area contributed by atoms with Crippen LogP contribution in [0.3, 0.4) is 0 Å².